The standard InChI is InChI=1S/C20H27N3O2/c1-15-5-7-16(8-6-15)19(24)23-11-9-22(10-12-23)14-18-21-13-17(25-18)20(2,3)4/h5-8,13H,9-12,14H2,1-4H3. The van der Waals surface area contributed by atoms with Gasteiger partial charge in [0.2, 0.25) is 5.89 Å². The van der Waals surface area contributed by atoms with Gasteiger partial charge in [0.1, 0.15) is 5.76 Å². The molecule has 0 spiro atoms. The zero-order valence-corrected chi connectivity index (χ0v) is 15.6. The molecule has 1 saturated heterocycles. The zero-order chi connectivity index (χ0) is 18.0. The molecule has 1 amide bonds. The Bertz CT molecular complexity index is 720. The van der Waals surface area contributed by atoms with Crippen molar-refractivity contribution in [3.05, 3.63) is 53.2 Å². The van der Waals surface area contributed by atoms with Crippen molar-refractivity contribution >= 4 is 5.91 Å². The Kier molecular flexibility index (Phi) is 4.95. The maximum Gasteiger partial charge on any atom is 0.253 e. The zero-order valence-electron chi connectivity index (χ0n) is 15.6. The molecule has 1 aromatic carbocycles. The van der Waals surface area contributed by atoms with E-state index in [1.807, 2.05) is 42.3 Å². The van der Waals surface area contributed by atoms with Gasteiger partial charge in [0.25, 0.3) is 5.91 Å². The van der Waals surface area contributed by atoms with Crippen LogP contribution in [0.2, 0.25) is 0 Å². The van der Waals surface area contributed by atoms with E-state index in [4.69, 9.17) is 4.42 Å². The van der Waals surface area contributed by atoms with Crippen LogP contribution in [0.25, 0.3) is 0 Å². The second kappa shape index (κ2) is 7.00. The van der Waals surface area contributed by atoms with Crippen LogP contribution < -0.4 is 0 Å². The minimum absolute atomic E-state index is 0.0234. The maximum atomic E-state index is 12.6. The normalized spacial score (nSPS) is 16.2. The van der Waals surface area contributed by atoms with E-state index in [0.717, 1.165) is 43.4 Å². The average molecular weight is 341 g/mol. The van der Waals surface area contributed by atoms with Gasteiger partial charge >= 0.3 is 0 Å². The molecule has 0 unspecified atom stereocenters. The molecule has 3 rings (SSSR count). The molecule has 1 aromatic heterocycles. The summed E-state index contributed by atoms with van der Waals surface area (Å²) in [7, 11) is 0. The maximum absolute atomic E-state index is 12.6. The Balaban J connectivity index is 1.54. The van der Waals surface area contributed by atoms with Crippen LogP contribution in [0.15, 0.2) is 34.9 Å². The van der Waals surface area contributed by atoms with E-state index < -0.39 is 0 Å². The highest BCUT2D eigenvalue weighted by atomic mass is 16.4. The molecule has 1 aliphatic rings. The lowest BCUT2D eigenvalue weighted by Crippen LogP contribution is -2.48. The fourth-order valence-corrected chi connectivity index (χ4v) is 2.91. The average Bonchev–Trinajstić information content (AvgIpc) is 3.04. The van der Waals surface area contributed by atoms with Gasteiger partial charge in [-0.05, 0) is 19.1 Å². The molecule has 0 atom stereocenters. The van der Waals surface area contributed by atoms with Crippen LogP contribution in [0.1, 0.15) is 48.3 Å². The molecule has 134 valence electrons. The van der Waals surface area contributed by atoms with E-state index in [2.05, 4.69) is 30.7 Å². The van der Waals surface area contributed by atoms with E-state index in [1.165, 1.54) is 5.56 Å². The Morgan fingerprint density at radius 1 is 1.12 bits per heavy atom. The fourth-order valence-electron chi connectivity index (χ4n) is 2.91. The van der Waals surface area contributed by atoms with Crippen LogP contribution in [-0.4, -0.2) is 46.9 Å². The first-order chi connectivity index (χ1) is 11.8. The smallest absolute Gasteiger partial charge is 0.253 e. The SMILES string of the molecule is Cc1ccc(C(=O)N2CCN(Cc3ncc(C(C)(C)C)o3)CC2)cc1. The van der Waals surface area contributed by atoms with E-state index in [1.54, 1.807) is 0 Å². The summed E-state index contributed by atoms with van der Waals surface area (Å²) >= 11 is 0. The van der Waals surface area contributed by atoms with E-state index in [9.17, 15) is 4.79 Å². The Morgan fingerprint density at radius 3 is 2.32 bits per heavy atom. The topological polar surface area (TPSA) is 49.6 Å². The van der Waals surface area contributed by atoms with E-state index in [-0.39, 0.29) is 11.3 Å². The van der Waals surface area contributed by atoms with Crippen LogP contribution in [0.3, 0.4) is 0 Å². The van der Waals surface area contributed by atoms with Gasteiger partial charge in [-0.3, -0.25) is 9.69 Å². The number of nitrogens with zero attached hydrogens (tertiary/aromatic N) is 3. The second-order valence-corrected chi connectivity index (χ2v) is 7.80. The summed E-state index contributed by atoms with van der Waals surface area (Å²) in [6.45, 7) is 12.2. The lowest BCUT2D eigenvalue weighted by Gasteiger charge is -2.34. The molecule has 0 bridgehead atoms. The molecule has 0 radical (unpaired) electrons. The first-order valence-corrected chi connectivity index (χ1v) is 8.86. The quantitative estimate of drug-likeness (QED) is 0.860. The Labute approximate surface area is 149 Å². The molecular formula is C20H27N3O2. The van der Waals surface area contributed by atoms with Crippen molar-refractivity contribution in [2.45, 2.75) is 39.7 Å². The van der Waals surface area contributed by atoms with Crippen molar-refractivity contribution in [1.29, 1.82) is 0 Å². The number of carbonyl (C=O) groups excluding carboxylic acids is 1. The highest BCUT2D eigenvalue weighted by Crippen LogP contribution is 2.23. The summed E-state index contributed by atoms with van der Waals surface area (Å²) in [5.41, 5.74) is 1.91. The number of amides is 1. The molecule has 0 N–H and O–H groups in total. The van der Waals surface area contributed by atoms with Crippen molar-refractivity contribution in [2.75, 3.05) is 26.2 Å². The van der Waals surface area contributed by atoms with E-state index in [0.29, 0.717) is 6.54 Å². The first-order valence-electron chi connectivity index (χ1n) is 8.86. The van der Waals surface area contributed by atoms with Crippen LogP contribution >= 0.6 is 0 Å². The van der Waals surface area contributed by atoms with Crippen molar-refractivity contribution in [1.82, 2.24) is 14.8 Å². The number of rotatable bonds is 3. The van der Waals surface area contributed by atoms with Gasteiger partial charge < -0.3 is 9.32 Å². The van der Waals surface area contributed by atoms with Gasteiger partial charge in [-0.15, -0.1) is 0 Å². The fraction of sp³-hybridized carbons (Fsp3) is 0.500. The monoisotopic (exact) mass is 341 g/mol. The molecule has 0 aliphatic carbocycles. The van der Waals surface area contributed by atoms with Crippen LogP contribution in [0.4, 0.5) is 0 Å². The largest absolute Gasteiger partial charge is 0.444 e. The van der Waals surface area contributed by atoms with E-state index >= 15 is 0 Å². The summed E-state index contributed by atoms with van der Waals surface area (Å²) in [6.07, 6.45) is 1.83. The molecule has 1 fully saturated rings. The molecule has 1 aliphatic heterocycles. The molecular weight excluding hydrogens is 314 g/mol. The van der Waals surface area contributed by atoms with Gasteiger partial charge in [0.05, 0.1) is 12.7 Å². The van der Waals surface area contributed by atoms with Crippen molar-refractivity contribution < 1.29 is 9.21 Å². The van der Waals surface area contributed by atoms with Crippen LogP contribution in [0, 0.1) is 6.92 Å². The number of benzene rings is 1. The molecule has 2 aromatic rings. The van der Waals surface area contributed by atoms with Gasteiger partial charge in [0.15, 0.2) is 0 Å². The number of oxazole rings is 1. The number of hydrogen-bond acceptors (Lipinski definition) is 4. The summed E-state index contributed by atoms with van der Waals surface area (Å²) in [5.74, 6) is 1.78. The number of hydrogen-bond donors (Lipinski definition) is 0. The molecule has 25 heavy (non-hydrogen) atoms. The predicted octanol–water partition coefficient (Wildman–Crippen LogP) is 3.24. The van der Waals surface area contributed by atoms with Crippen LogP contribution in [0.5, 0.6) is 0 Å². The molecule has 2 heterocycles. The lowest BCUT2D eigenvalue weighted by atomic mass is 9.94. The number of carbonyl (C=O) groups is 1. The minimum Gasteiger partial charge on any atom is -0.444 e. The van der Waals surface area contributed by atoms with Gasteiger partial charge in [-0.1, -0.05) is 38.5 Å². The predicted molar refractivity (Wildman–Crippen MR) is 97.6 cm³/mol. The summed E-state index contributed by atoms with van der Waals surface area (Å²) in [4.78, 5) is 21.2. The minimum atomic E-state index is -0.0234. The van der Waals surface area contributed by atoms with Crippen molar-refractivity contribution in [2.24, 2.45) is 0 Å². The summed E-state index contributed by atoms with van der Waals surface area (Å²) < 4.78 is 5.87. The number of aromatic nitrogens is 1. The van der Waals surface area contributed by atoms with Gasteiger partial charge in [-0.25, -0.2) is 4.98 Å². The molecule has 5 nitrogen and oxygen atoms in total. The van der Waals surface area contributed by atoms with Crippen LogP contribution in [-0.2, 0) is 12.0 Å². The molecule has 0 saturated carbocycles. The first kappa shape index (κ1) is 17.7. The number of piperazine rings is 1. The highest BCUT2D eigenvalue weighted by Gasteiger charge is 2.24. The third-order valence-corrected chi connectivity index (χ3v) is 4.61. The van der Waals surface area contributed by atoms with Gasteiger partial charge in [0, 0.05) is 37.2 Å². The summed E-state index contributed by atoms with van der Waals surface area (Å²) in [5, 5.41) is 0. The summed E-state index contributed by atoms with van der Waals surface area (Å²) in [6, 6.07) is 7.79. The third-order valence-electron chi connectivity index (χ3n) is 4.61. The molecule has 5 heteroatoms. The number of aryl methyl sites for hydroxylation is 1. The second-order valence-electron chi connectivity index (χ2n) is 7.80. The van der Waals surface area contributed by atoms with Crippen molar-refractivity contribution in [3.8, 4) is 0 Å². The van der Waals surface area contributed by atoms with Crippen molar-refractivity contribution in [3.63, 3.8) is 0 Å². The Hall–Kier alpha value is -2.14. The Morgan fingerprint density at radius 2 is 1.76 bits per heavy atom. The van der Waals surface area contributed by atoms with Gasteiger partial charge in [-0.2, -0.15) is 0 Å². The lowest BCUT2D eigenvalue weighted by molar-refractivity contribution is 0.0617. The highest BCUT2D eigenvalue weighted by molar-refractivity contribution is 5.94. The third kappa shape index (κ3) is 4.28.